The fraction of sp³-hybridized carbons (Fsp3) is 0.610. The molecule has 0 spiro atoms. The van der Waals surface area contributed by atoms with E-state index in [-0.39, 0.29) is 26.1 Å². The number of quaternary nitrogens is 1. The Morgan fingerprint density at radius 3 is 0.891 bits per heavy atom. The summed E-state index contributed by atoms with van der Waals surface area (Å²) >= 11 is 0. The van der Waals surface area contributed by atoms with Crippen molar-refractivity contribution in [2.45, 2.75) is 277 Å². The van der Waals surface area contributed by atoms with E-state index in [4.69, 9.17) is 18.5 Å². The van der Waals surface area contributed by atoms with Gasteiger partial charge >= 0.3 is 11.9 Å². The van der Waals surface area contributed by atoms with Crippen LogP contribution in [0.2, 0.25) is 0 Å². The molecule has 0 radical (unpaired) electrons. The van der Waals surface area contributed by atoms with E-state index in [2.05, 4.69) is 196 Å². The molecule has 92 heavy (non-hydrogen) atoms. The van der Waals surface area contributed by atoms with Crippen LogP contribution in [0.5, 0.6) is 0 Å². The standard InChI is InChI=1S/C82H134NO8P/c1-6-8-10-12-14-16-18-20-22-24-26-28-30-32-34-36-38-40-41-43-44-46-48-50-52-54-56-58-60-62-64-66-68-70-72-74-81(84)88-78-80(79-90-92(86,87)89-77-76-83(3,4)5)91-82(85)75-73-71-69-67-65-63-61-59-57-55-53-51-49-47-45-42-39-37-35-33-31-29-27-25-23-21-19-17-15-13-11-9-7-2/h8-11,14-17,20-23,26-29,32-35,39,42,47,49,53,55,59,61,65,67,80H,6-7,12-13,18-19,24-25,30-31,36-38,40-41,43-46,48,50-52,54,56-58,60,62-64,66,68-79H2,1-5H3/b10-8-,11-9-,16-14-,17-15-,22-20-,23-21-,28-26-,29-27-,34-32-,35-33-,42-39-,49-47-,55-53-,61-59-,67-65-. The van der Waals surface area contributed by atoms with E-state index in [1.54, 1.807) is 0 Å². The lowest BCUT2D eigenvalue weighted by molar-refractivity contribution is -0.870. The number of rotatable bonds is 65. The van der Waals surface area contributed by atoms with Crippen molar-refractivity contribution in [2.75, 3.05) is 47.5 Å². The summed E-state index contributed by atoms with van der Waals surface area (Å²) in [5.41, 5.74) is 0. The van der Waals surface area contributed by atoms with Crippen LogP contribution >= 0.6 is 7.82 Å². The summed E-state index contributed by atoms with van der Waals surface area (Å²) in [5, 5.41) is 0. The Morgan fingerprint density at radius 2 is 0.587 bits per heavy atom. The fourth-order valence-electron chi connectivity index (χ4n) is 9.42. The highest BCUT2D eigenvalue weighted by molar-refractivity contribution is 7.45. The zero-order chi connectivity index (χ0) is 66.9. The number of unbranched alkanes of at least 4 members (excludes halogenated alkanes) is 21. The molecule has 2 unspecified atom stereocenters. The third-order valence-corrected chi connectivity index (χ3v) is 15.9. The van der Waals surface area contributed by atoms with Crippen molar-refractivity contribution >= 4 is 19.8 Å². The number of carbonyl (C=O) groups excluding carboxylic acids is 2. The third kappa shape index (κ3) is 74.2. The topological polar surface area (TPSA) is 111 Å². The first-order chi connectivity index (χ1) is 45.0. The molecule has 0 aromatic heterocycles. The van der Waals surface area contributed by atoms with Crippen LogP contribution in [-0.2, 0) is 32.7 Å². The zero-order valence-electron chi connectivity index (χ0n) is 59.2. The molecular weight excluding hydrogens is 1160 g/mol. The van der Waals surface area contributed by atoms with E-state index < -0.39 is 32.5 Å². The summed E-state index contributed by atoms with van der Waals surface area (Å²) in [6, 6.07) is 0. The Hall–Kier alpha value is -4.89. The lowest BCUT2D eigenvalue weighted by Crippen LogP contribution is -2.37. The van der Waals surface area contributed by atoms with Gasteiger partial charge in [-0.05, 0) is 135 Å². The molecule has 0 aliphatic carbocycles. The van der Waals surface area contributed by atoms with Crippen LogP contribution in [0.3, 0.4) is 0 Å². The van der Waals surface area contributed by atoms with Crippen LogP contribution < -0.4 is 4.89 Å². The van der Waals surface area contributed by atoms with Crippen LogP contribution in [0.25, 0.3) is 0 Å². The molecule has 2 atom stereocenters. The van der Waals surface area contributed by atoms with Gasteiger partial charge in [-0.15, -0.1) is 0 Å². The summed E-state index contributed by atoms with van der Waals surface area (Å²) in [7, 11) is 1.12. The number of ether oxygens (including phenoxy) is 2. The van der Waals surface area contributed by atoms with E-state index in [0.717, 1.165) is 128 Å². The van der Waals surface area contributed by atoms with Crippen molar-refractivity contribution in [1.29, 1.82) is 0 Å². The second-order valence-electron chi connectivity index (χ2n) is 24.8. The number of esters is 2. The lowest BCUT2D eigenvalue weighted by atomic mass is 10.0. The molecule has 0 amide bonds. The number of phosphoric acid groups is 1. The van der Waals surface area contributed by atoms with E-state index in [9.17, 15) is 19.0 Å². The molecular formula is C82H134NO8P. The van der Waals surface area contributed by atoms with Crippen LogP contribution in [0.15, 0.2) is 182 Å². The molecule has 0 rings (SSSR count). The first-order valence-electron chi connectivity index (χ1n) is 36.5. The number of nitrogens with zero attached hydrogens (tertiary/aromatic N) is 1. The highest BCUT2D eigenvalue weighted by Gasteiger charge is 2.22. The molecule has 0 fully saturated rings. The molecule has 0 N–H and O–H groups in total. The molecule has 0 aromatic carbocycles. The average molecular weight is 1290 g/mol. The molecule has 520 valence electrons. The molecule has 0 bridgehead atoms. The van der Waals surface area contributed by atoms with Crippen molar-refractivity contribution in [3.63, 3.8) is 0 Å². The van der Waals surface area contributed by atoms with E-state index in [1.165, 1.54) is 109 Å². The maximum atomic E-state index is 12.9. The zero-order valence-corrected chi connectivity index (χ0v) is 60.1. The van der Waals surface area contributed by atoms with Gasteiger partial charge in [0.25, 0.3) is 7.82 Å². The molecule has 0 aliphatic heterocycles. The normalized spacial score (nSPS) is 14.2. The Bertz CT molecular complexity index is 2210. The van der Waals surface area contributed by atoms with Gasteiger partial charge in [0.1, 0.15) is 19.8 Å². The highest BCUT2D eigenvalue weighted by Crippen LogP contribution is 2.38. The number of phosphoric ester groups is 1. The van der Waals surface area contributed by atoms with Crippen LogP contribution in [0.4, 0.5) is 0 Å². The van der Waals surface area contributed by atoms with Gasteiger partial charge in [-0.25, -0.2) is 0 Å². The average Bonchev–Trinajstić information content (AvgIpc) is 2.23. The van der Waals surface area contributed by atoms with Crippen molar-refractivity contribution in [3.8, 4) is 0 Å². The maximum absolute atomic E-state index is 12.9. The van der Waals surface area contributed by atoms with Crippen LogP contribution in [0, 0.1) is 0 Å². The van der Waals surface area contributed by atoms with Crippen molar-refractivity contribution < 1.29 is 42.1 Å². The van der Waals surface area contributed by atoms with Gasteiger partial charge in [0.2, 0.25) is 0 Å². The predicted octanol–water partition coefficient (Wildman–Crippen LogP) is 23.6. The van der Waals surface area contributed by atoms with Crippen LogP contribution in [0.1, 0.15) is 271 Å². The lowest BCUT2D eigenvalue weighted by Gasteiger charge is -2.28. The number of carbonyl (C=O) groups is 2. The quantitative estimate of drug-likeness (QED) is 0.0195. The smallest absolute Gasteiger partial charge is 0.306 e. The van der Waals surface area contributed by atoms with Crippen molar-refractivity contribution in [3.05, 3.63) is 182 Å². The molecule has 0 aliphatic rings. The minimum absolute atomic E-state index is 0.0480. The fourth-order valence-corrected chi connectivity index (χ4v) is 10.1. The predicted molar refractivity (Wildman–Crippen MR) is 396 cm³/mol. The summed E-state index contributed by atoms with van der Waals surface area (Å²) in [5.74, 6) is -0.891. The van der Waals surface area contributed by atoms with E-state index >= 15 is 0 Å². The number of hydrogen-bond acceptors (Lipinski definition) is 8. The third-order valence-electron chi connectivity index (χ3n) is 14.9. The van der Waals surface area contributed by atoms with E-state index in [1.807, 2.05) is 21.1 Å². The van der Waals surface area contributed by atoms with Gasteiger partial charge in [-0.1, -0.05) is 305 Å². The van der Waals surface area contributed by atoms with Gasteiger partial charge in [-0.3, -0.25) is 14.2 Å². The van der Waals surface area contributed by atoms with Gasteiger partial charge in [0.05, 0.1) is 27.7 Å². The first-order valence-corrected chi connectivity index (χ1v) is 38.0. The highest BCUT2D eigenvalue weighted by atomic mass is 31.2. The van der Waals surface area contributed by atoms with E-state index in [0.29, 0.717) is 17.4 Å². The van der Waals surface area contributed by atoms with Gasteiger partial charge in [0, 0.05) is 12.8 Å². The van der Waals surface area contributed by atoms with Crippen LogP contribution in [-0.4, -0.2) is 70.0 Å². The summed E-state index contributed by atoms with van der Waals surface area (Å²) in [6.07, 6.45) is 108. The number of allylic oxidation sites excluding steroid dienone is 30. The molecule has 10 heteroatoms. The largest absolute Gasteiger partial charge is 0.756 e. The Labute approximate surface area is 565 Å². The Kier molecular flexibility index (Phi) is 66.7. The van der Waals surface area contributed by atoms with Gasteiger partial charge < -0.3 is 27.9 Å². The number of likely N-dealkylation sites (N-methyl/N-ethyl adjacent to an activating group) is 1. The SMILES string of the molecule is CC/C=C\C/C=C\C/C=C\C/C=C\C/C=C\C/C=C\C/C=C\C/C=C\C/C=C\C/C=C\CCCCC(=O)OC(COC(=O)CCCCCCCCCCCCCCCCCCCCC/C=C\C/C=C\C/C=C\C/C=C\C/C=C\CC)COP(=O)([O-])OCC[N+](C)(C)C. The van der Waals surface area contributed by atoms with Gasteiger partial charge in [0.15, 0.2) is 6.10 Å². The minimum atomic E-state index is -4.67. The molecule has 0 saturated carbocycles. The van der Waals surface area contributed by atoms with Crippen molar-refractivity contribution in [1.82, 2.24) is 0 Å². The van der Waals surface area contributed by atoms with Crippen molar-refractivity contribution in [2.24, 2.45) is 0 Å². The summed E-state index contributed by atoms with van der Waals surface area (Å²) in [6.45, 7) is 3.96. The molecule has 0 heterocycles. The summed E-state index contributed by atoms with van der Waals surface area (Å²) < 4.78 is 34.3. The summed E-state index contributed by atoms with van der Waals surface area (Å²) in [4.78, 5) is 38.1. The Balaban J connectivity index is 4.14. The van der Waals surface area contributed by atoms with Gasteiger partial charge in [-0.2, -0.15) is 0 Å². The molecule has 9 nitrogen and oxygen atoms in total. The maximum Gasteiger partial charge on any atom is 0.306 e. The Morgan fingerprint density at radius 1 is 0.337 bits per heavy atom. The monoisotopic (exact) mass is 1290 g/mol. The second-order valence-corrected chi connectivity index (χ2v) is 26.2. The second kappa shape index (κ2) is 70.4. The molecule has 0 saturated heterocycles. The molecule has 0 aromatic rings. The number of hydrogen-bond donors (Lipinski definition) is 0. The first kappa shape index (κ1) is 87.1. The minimum Gasteiger partial charge on any atom is -0.756 e.